The zero-order valence-electron chi connectivity index (χ0n) is 12.1. The highest BCUT2D eigenvalue weighted by Gasteiger charge is 2.30. The van der Waals surface area contributed by atoms with Gasteiger partial charge in [0.1, 0.15) is 0 Å². The van der Waals surface area contributed by atoms with Crippen LogP contribution in [0.5, 0.6) is 0 Å². The van der Waals surface area contributed by atoms with Crippen LogP contribution in [0.1, 0.15) is 29.3 Å². The number of rotatable bonds is 4. The lowest BCUT2D eigenvalue weighted by atomic mass is 10.2. The molecule has 3 rings (SSSR count). The third-order valence-electron chi connectivity index (χ3n) is 3.89. The Morgan fingerprint density at radius 1 is 1.33 bits per heavy atom. The second-order valence-corrected chi connectivity index (χ2v) is 7.31. The minimum atomic E-state index is 0.263. The number of thioether (sulfide) groups is 1. The minimum absolute atomic E-state index is 0.263. The highest BCUT2D eigenvalue weighted by Crippen LogP contribution is 2.35. The van der Waals surface area contributed by atoms with Gasteiger partial charge in [-0.05, 0) is 42.8 Å². The van der Waals surface area contributed by atoms with Crippen molar-refractivity contribution in [3.63, 3.8) is 0 Å². The molecule has 0 spiro atoms. The number of likely N-dealkylation sites (tertiary alicyclic amines) is 1. The van der Waals surface area contributed by atoms with Crippen LogP contribution in [0.2, 0.25) is 0 Å². The molecule has 0 bridgehead atoms. The predicted molar refractivity (Wildman–Crippen MR) is 89.9 cm³/mol. The fraction of sp³-hybridized carbons (Fsp3) is 0.353. The van der Waals surface area contributed by atoms with Gasteiger partial charge in [0.2, 0.25) is 5.91 Å². The van der Waals surface area contributed by atoms with Gasteiger partial charge in [-0.1, -0.05) is 24.3 Å². The highest BCUT2D eigenvalue weighted by atomic mass is 32.2. The van der Waals surface area contributed by atoms with Crippen LogP contribution in [0.25, 0.3) is 0 Å². The van der Waals surface area contributed by atoms with E-state index < -0.39 is 0 Å². The molecule has 21 heavy (non-hydrogen) atoms. The Labute approximate surface area is 134 Å². The van der Waals surface area contributed by atoms with Gasteiger partial charge < -0.3 is 4.90 Å². The van der Waals surface area contributed by atoms with E-state index in [1.54, 1.807) is 23.1 Å². The first-order valence-corrected chi connectivity index (χ1v) is 9.13. The summed E-state index contributed by atoms with van der Waals surface area (Å²) in [6.45, 7) is 2.99. The van der Waals surface area contributed by atoms with Crippen LogP contribution in [-0.2, 0) is 4.79 Å². The third-order valence-corrected chi connectivity index (χ3v) is 6.02. The molecule has 0 N–H and O–H groups in total. The number of carbonyl (C=O) groups is 1. The van der Waals surface area contributed by atoms with Gasteiger partial charge in [-0.15, -0.1) is 23.1 Å². The molecule has 2 aromatic rings. The van der Waals surface area contributed by atoms with Crippen molar-refractivity contribution in [3.05, 3.63) is 52.2 Å². The number of hydrogen-bond acceptors (Lipinski definition) is 3. The fourth-order valence-corrected chi connectivity index (χ4v) is 4.57. The summed E-state index contributed by atoms with van der Waals surface area (Å²) in [6.07, 6.45) is 2.21. The Kier molecular flexibility index (Phi) is 4.66. The van der Waals surface area contributed by atoms with E-state index in [-0.39, 0.29) is 5.91 Å². The maximum atomic E-state index is 12.5. The number of thiophene rings is 1. The molecule has 1 amide bonds. The summed E-state index contributed by atoms with van der Waals surface area (Å²) >= 11 is 3.41. The number of hydrogen-bond donors (Lipinski definition) is 0. The molecule has 4 heteroatoms. The Balaban J connectivity index is 1.64. The number of aryl methyl sites for hydroxylation is 1. The van der Waals surface area contributed by atoms with E-state index >= 15 is 0 Å². The van der Waals surface area contributed by atoms with Gasteiger partial charge in [0.25, 0.3) is 0 Å². The lowest BCUT2D eigenvalue weighted by Crippen LogP contribution is -2.31. The Morgan fingerprint density at radius 2 is 2.19 bits per heavy atom. The van der Waals surface area contributed by atoms with Crippen LogP contribution in [0.3, 0.4) is 0 Å². The summed E-state index contributed by atoms with van der Waals surface area (Å²) in [4.78, 5) is 17.1. The highest BCUT2D eigenvalue weighted by molar-refractivity contribution is 8.00. The Hall–Kier alpha value is -1.26. The topological polar surface area (TPSA) is 20.3 Å². The molecule has 1 atom stereocenters. The van der Waals surface area contributed by atoms with E-state index in [0.717, 1.165) is 19.4 Å². The van der Waals surface area contributed by atoms with Crippen LogP contribution < -0.4 is 0 Å². The van der Waals surface area contributed by atoms with Crippen molar-refractivity contribution >= 4 is 29.0 Å². The molecule has 2 heterocycles. The molecule has 1 aromatic carbocycles. The van der Waals surface area contributed by atoms with Gasteiger partial charge in [0, 0.05) is 16.3 Å². The minimum Gasteiger partial charge on any atom is -0.334 e. The van der Waals surface area contributed by atoms with Crippen molar-refractivity contribution in [2.24, 2.45) is 0 Å². The maximum absolute atomic E-state index is 12.5. The quantitative estimate of drug-likeness (QED) is 0.773. The summed E-state index contributed by atoms with van der Waals surface area (Å²) in [5.74, 6) is 0.798. The van der Waals surface area contributed by atoms with Gasteiger partial charge in [-0.3, -0.25) is 4.79 Å². The monoisotopic (exact) mass is 317 g/mol. The van der Waals surface area contributed by atoms with Crippen molar-refractivity contribution < 1.29 is 4.79 Å². The SMILES string of the molecule is Cc1ccccc1SCC(=O)N1CCCC1c1cccs1. The van der Waals surface area contributed by atoms with Gasteiger partial charge in [0.15, 0.2) is 0 Å². The second kappa shape index (κ2) is 6.67. The van der Waals surface area contributed by atoms with E-state index in [9.17, 15) is 4.79 Å². The first kappa shape index (κ1) is 14.7. The molecular formula is C17H19NOS2. The summed E-state index contributed by atoms with van der Waals surface area (Å²) in [5.41, 5.74) is 1.24. The van der Waals surface area contributed by atoms with Crippen molar-refractivity contribution in [1.29, 1.82) is 0 Å². The molecule has 1 aliphatic rings. The maximum Gasteiger partial charge on any atom is 0.233 e. The van der Waals surface area contributed by atoms with Gasteiger partial charge >= 0.3 is 0 Å². The zero-order valence-corrected chi connectivity index (χ0v) is 13.8. The average molecular weight is 317 g/mol. The van der Waals surface area contributed by atoms with Gasteiger partial charge in [-0.2, -0.15) is 0 Å². The molecule has 1 aliphatic heterocycles. The lowest BCUT2D eigenvalue weighted by molar-refractivity contribution is -0.129. The van der Waals surface area contributed by atoms with Crippen molar-refractivity contribution in [1.82, 2.24) is 4.90 Å². The molecule has 0 radical (unpaired) electrons. The molecule has 1 aromatic heterocycles. The summed E-state index contributed by atoms with van der Waals surface area (Å²) in [6, 6.07) is 12.8. The largest absolute Gasteiger partial charge is 0.334 e. The molecule has 1 unspecified atom stereocenters. The lowest BCUT2D eigenvalue weighted by Gasteiger charge is -2.24. The second-order valence-electron chi connectivity index (χ2n) is 5.31. The summed E-state index contributed by atoms with van der Waals surface area (Å²) in [5, 5.41) is 2.10. The molecule has 110 valence electrons. The number of carbonyl (C=O) groups excluding carboxylic acids is 1. The average Bonchev–Trinajstić information content (AvgIpc) is 3.16. The summed E-state index contributed by atoms with van der Waals surface area (Å²) in [7, 11) is 0. The number of amides is 1. The standard InChI is InChI=1S/C17H19NOS2/c1-13-6-2-3-8-15(13)21-12-17(19)18-10-4-7-14(18)16-9-5-11-20-16/h2-3,5-6,8-9,11,14H,4,7,10,12H2,1H3. The van der Waals surface area contributed by atoms with Crippen LogP contribution in [0, 0.1) is 6.92 Å². The number of nitrogens with zero attached hydrogens (tertiary/aromatic N) is 1. The predicted octanol–water partition coefficient (Wildman–Crippen LogP) is 4.51. The zero-order chi connectivity index (χ0) is 14.7. The molecule has 2 nitrogen and oxygen atoms in total. The fourth-order valence-electron chi connectivity index (χ4n) is 2.78. The first-order valence-electron chi connectivity index (χ1n) is 7.27. The van der Waals surface area contributed by atoms with Gasteiger partial charge in [0.05, 0.1) is 11.8 Å². The molecule has 1 saturated heterocycles. The molecule has 0 aliphatic carbocycles. The third kappa shape index (κ3) is 3.33. The van der Waals surface area contributed by atoms with Gasteiger partial charge in [-0.25, -0.2) is 0 Å². The summed E-state index contributed by atoms with van der Waals surface area (Å²) < 4.78 is 0. The number of benzene rings is 1. The van der Waals surface area contributed by atoms with Crippen molar-refractivity contribution in [3.8, 4) is 0 Å². The van der Waals surface area contributed by atoms with Crippen LogP contribution in [0.4, 0.5) is 0 Å². The van der Waals surface area contributed by atoms with E-state index in [2.05, 4.69) is 41.5 Å². The molecule has 1 fully saturated rings. The normalized spacial score (nSPS) is 18.1. The Bertz CT molecular complexity index is 609. The molecule has 0 saturated carbocycles. The van der Waals surface area contributed by atoms with Crippen LogP contribution in [-0.4, -0.2) is 23.1 Å². The molecular weight excluding hydrogens is 298 g/mol. The van der Waals surface area contributed by atoms with Crippen LogP contribution >= 0.6 is 23.1 Å². The first-order chi connectivity index (χ1) is 10.3. The van der Waals surface area contributed by atoms with Crippen LogP contribution in [0.15, 0.2) is 46.7 Å². The Morgan fingerprint density at radius 3 is 2.95 bits per heavy atom. The van der Waals surface area contributed by atoms with Crippen molar-refractivity contribution in [2.75, 3.05) is 12.3 Å². The van der Waals surface area contributed by atoms with Crippen molar-refractivity contribution in [2.45, 2.75) is 30.7 Å². The van der Waals surface area contributed by atoms with E-state index in [4.69, 9.17) is 0 Å². The van der Waals surface area contributed by atoms with E-state index in [1.165, 1.54) is 15.3 Å². The smallest absolute Gasteiger partial charge is 0.233 e. The van der Waals surface area contributed by atoms with E-state index in [0.29, 0.717) is 11.8 Å². The van der Waals surface area contributed by atoms with E-state index in [1.807, 2.05) is 12.1 Å².